The van der Waals surface area contributed by atoms with Crippen LogP contribution in [0.1, 0.15) is 24.9 Å². The largest absolute Gasteiger partial charge is 0.309 e. The van der Waals surface area contributed by atoms with E-state index in [1.54, 1.807) is 0 Å². The Morgan fingerprint density at radius 3 is 2.89 bits per heavy atom. The Morgan fingerprint density at radius 1 is 1.39 bits per heavy atom. The second kappa shape index (κ2) is 6.04. The topological polar surface area (TPSA) is 29.9 Å². The quantitative estimate of drug-likeness (QED) is 0.642. The Labute approximate surface area is 108 Å². The van der Waals surface area contributed by atoms with Crippen LogP contribution in [0.25, 0.3) is 5.69 Å². The van der Waals surface area contributed by atoms with E-state index in [1.165, 1.54) is 0 Å². The van der Waals surface area contributed by atoms with Gasteiger partial charge in [-0.25, -0.2) is 4.68 Å². The Morgan fingerprint density at radius 2 is 2.17 bits per heavy atom. The van der Waals surface area contributed by atoms with Gasteiger partial charge in [-0.3, -0.25) is 0 Å². The van der Waals surface area contributed by atoms with E-state index in [9.17, 15) is 0 Å². The molecule has 0 aliphatic heterocycles. The molecule has 2 rings (SSSR count). The molecule has 0 saturated heterocycles. The molecule has 3 nitrogen and oxygen atoms in total. The normalized spacial score (nSPS) is 12.0. The lowest BCUT2D eigenvalue weighted by Gasteiger charge is -2.10. The maximum absolute atomic E-state index is 5.23. The van der Waals surface area contributed by atoms with Crippen LogP contribution in [0.3, 0.4) is 0 Å². The zero-order valence-corrected chi connectivity index (χ0v) is 10.5. The highest BCUT2D eigenvalue weighted by atomic mass is 15.3. The Hall–Kier alpha value is -2.05. The number of para-hydroxylation sites is 1. The van der Waals surface area contributed by atoms with E-state index in [2.05, 4.69) is 23.3 Å². The first-order valence-electron chi connectivity index (χ1n) is 6.08. The average molecular weight is 239 g/mol. The highest BCUT2D eigenvalue weighted by Crippen LogP contribution is 2.13. The smallest absolute Gasteiger partial charge is 0.0645 e. The second-order valence-electron chi connectivity index (χ2n) is 4.18. The van der Waals surface area contributed by atoms with Gasteiger partial charge in [0, 0.05) is 30.8 Å². The Kier molecular flexibility index (Phi) is 4.16. The van der Waals surface area contributed by atoms with Crippen molar-refractivity contribution in [2.75, 3.05) is 6.54 Å². The summed E-state index contributed by atoms with van der Waals surface area (Å²) >= 11 is 0. The summed E-state index contributed by atoms with van der Waals surface area (Å²) in [6, 6.07) is 10.3. The van der Waals surface area contributed by atoms with Crippen molar-refractivity contribution >= 4 is 0 Å². The lowest BCUT2D eigenvalue weighted by molar-refractivity contribution is 0.584. The van der Waals surface area contributed by atoms with Crippen LogP contribution in [-0.4, -0.2) is 16.3 Å². The molecule has 18 heavy (non-hydrogen) atoms. The average Bonchev–Trinajstić information content (AvgIpc) is 2.89. The number of hydrogen-bond acceptors (Lipinski definition) is 2. The number of hydrogen-bond donors (Lipinski definition) is 1. The summed E-state index contributed by atoms with van der Waals surface area (Å²) in [5.74, 6) is 2.62. The number of rotatable bonds is 5. The summed E-state index contributed by atoms with van der Waals surface area (Å²) in [4.78, 5) is 0. The first-order valence-corrected chi connectivity index (χ1v) is 6.08. The van der Waals surface area contributed by atoms with Crippen molar-refractivity contribution in [3.8, 4) is 18.0 Å². The zero-order valence-electron chi connectivity index (χ0n) is 10.5. The maximum atomic E-state index is 5.23. The van der Waals surface area contributed by atoms with Crippen molar-refractivity contribution in [2.24, 2.45) is 0 Å². The molecule has 92 valence electrons. The predicted octanol–water partition coefficient (Wildman–Crippen LogP) is 2.55. The zero-order chi connectivity index (χ0) is 12.8. The van der Waals surface area contributed by atoms with Crippen molar-refractivity contribution in [2.45, 2.75) is 19.4 Å². The second-order valence-corrected chi connectivity index (χ2v) is 4.18. The number of aromatic nitrogens is 2. The van der Waals surface area contributed by atoms with Gasteiger partial charge >= 0.3 is 0 Å². The van der Waals surface area contributed by atoms with Crippen LogP contribution in [0.5, 0.6) is 0 Å². The summed E-state index contributed by atoms with van der Waals surface area (Å²) in [5, 5.41) is 7.74. The van der Waals surface area contributed by atoms with Gasteiger partial charge in [-0.2, -0.15) is 5.10 Å². The summed E-state index contributed by atoms with van der Waals surface area (Å²) in [7, 11) is 0. The first-order chi connectivity index (χ1) is 8.81. The van der Waals surface area contributed by atoms with E-state index in [4.69, 9.17) is 6.42 Å². The molecule has 0 saturated carbocycles. The molecule has 0 spiro atoms. The van der Waals surface area contributed by atoms with Gasteiger partial charge in [0.1, 0.15) is 0 Å². The van der Waals surface area contributed by atoms with Crippen LogP contribution in [-0.2, 0) is 0 Å². The maximum Gasteiger partial charge on any atom is 0.0645 e. The van der Waals surface area contributed by atoms with Crippen LogP contribution in [0.4, 0.5) is 0 Å². The molecule has 1 heterocycles. The van der Waals surface area contributed by atoms with Gasteiger partial charge in [-0.05, 0) is 19.1 Å². The summed E-state index contributed by atoms with van der Waals surface area (Å²) in [5.41, 5.74) is 2.23. The van der Waals surface area contributed by atoms with Crippen LogP contribution in [0, 0.1) is 12.3 Å². The number of terminal acetylenes is 1. The van der Waals surface area contributed by atoms with E-state index >= 15 is 0 Å². The van der Waals surface area contributed by atoms with E-state index in [0.29, 0.717) is 0 Å². The fourth-order valence-electron chi connectivity index (χ4n) is 1.76. The summed E-state index contributed by atoms with van der Waals surface area (Å²) in [6.45, 7) is 2.94. The van der Waals surface area contributed by atoms with E-state index in [0.717, 1.165) is 24.2 Å². The minimum atomic E-state index is 0.260. The van der Waals surface area contributed by atoms with Gasteiger partial charge < -0.3 is 5.32 Å². The minimum Gasteiger partial charge on any atom is -0.309 e. The molecular formula is C15H17N3. The fourth-order valence-corrected chi connectivity index (χ4v) is 1.76. The van der Waals surface area contributed by atoms with Crippen LogP contribution >= 0.6 is 0 Å². The third-order valence-electron chi connectivity index (χ3n) is 2.84. The van der Waals surface area contributed by atoms with E-state index in [-0.39, 0.29) is 6.04 Å². The molecule has 0 fully saturated rings. The monoisotopic (exact) mass is 239 g/mol. The minimum absolute atomic E-state index is 0.260. The molecule has 0 aliphatic rings. The molecule has 0 amide bonds. The van der Waals surface area contributed by atoms with Gasteiger partial charge in [0.15, 0.2) is 0 Å². The lowest BCUT2D eigenvalue weighted by atomic mass is 10.2. The lowest BCUT2D eigenvalue weighted by Crippen LogP contribution is -2.19. The SMILES string of the molecule is C#CCCNC(C)c1cnn(-c2ccccc2)c1. The molecule has 0 aliphatic carbocycles. The highest BCUT2D eigenvalue weighted by Gasteiger charge is 2.07. The van der Waals surface area contributed by atoms with Crippen molar-refractivity contribution in [3.05, 3.63) is 48.3 Å². The molecule has 3 heteroatoms. The summed E-state index contributed by atoms with van der Waals surface area (Å²) in [6.07, 6.45) is 9.91. The third kappa shape index (κ3) is 2.99. The molecule has 1 atom stereocenters. The van der Waals surface area contributed by atoms with Gasteiger partial charge in [0.25, 0.3) is 0 Å². The molecule has 1 N–H and O–H groups in total. The summed E-state index contributed by atoms with van der Waals surface area (Å²) < 4.78 is 1.88. The predicted molar refractivity (Wildman–Crippen MR) is 73.4 cm³/mol. The highest BCUT2D eigenvalue weighted by molar-refractivity contribution is 5.31. The van der Waals surface area contributed by atoms with Crippen molar-refractivity contribution in [1.82, 2.24) is 15.1 Å². The van der Waals surface area contributed by atoms with Crippen LogP contribution in [0.15, 0.2) is 42.7 Å². The number of nitrogens with zero attached hydrogens (tertiary/aromatic N) is 2. The van der Waals surface area contributed by atoms with Crippen molar-refractivity contribution < 1.29 is 0 Å². The number of benzene rings is 1. The molecule has 1 unspecified atom stereocenters. The van der Waals surface area contributed by atoms with Crippen LogP contribution < -0.4 is 5.32 Å². The van der Waals surface area contributed by atoms with Gasteiger partial charge in [-0.1, -0.05) is 18.2 Å². The number of nitrogens with one attached hydrogen (secondary N) is 1. The van der Waals surface area contributed by atoms with Gasteiger partial charge in [0.2, 0.25) is 0 Å². The van der Waals surface area contributed by atoms with E-state index < -0.39 is 0 Å². The van der Waals surface area contributed by atoms with Crippen molar-refractivity contribution in [1.29, 1.82) is 0 Å². The standard InChI is InChI=1S/C15H17N3/c1-3-4-10-16-13(2)14-11-17-18(12-14)15-8-6-5-7-9-15/h1,5-9,11-13,16H,4,10H2,2H3. The molecular weight excluding hydrogens is 222 g/mol. The molecule has 0 bridgehead atoms. The van der Waals surface area contributed by atoms with Gasteiger partial charge in [-0.15, -0.1) is 12.3 Å². The Bertz CT molecular complexity index is 522. The van der Waals surface area contributed by atoms with Gasteiger partial charge in [0.05, 0.1) is 11.9 Å². The van der Waals surface area contributed by atoms with E-state index in [1.807, 2.05) is 47.4 Å². The molecule has 1 aromatic carbocycles. The molecule has 1 aromatic heterocycles. The van der Waals surface area contributed by atoms with Crippen LogP contribution in [0.2, 0.25) is 0 Å². The third-order valence-corrected chi connectivity index (χ3v) is 2.84. The molecule has 2 aromatic rings. The molecule has 0 radical (unpaired) electrons. The fraction of sp³-hybridized carbons (Fsp3) is 0.267. The van der Waals surface area contributed by atoms with Crippen molar-refractivity contribution in [3.63, 3.8) is 0 Å². The Balaban J connectivity index is 2.04. The first kappa shape index (κ1) is 12.4.